The van der Waals surface area contributed by atoms with Gasteiger partial charge in [0.05, 0.1) is 20.9 Å². The van der Waals surface area contributed by atoms with Crippen LogP contribution in [-0.4, -0.2) is 43.7 Å². The summed E-state index contributed by atoms with van der Waals surface area (Å²) in [7, 11) is 3.25. The highest BCUT2D eigenvalue weighted by molar-refractivity contribution is 5.50. The Balaban J connectivity index is 2.10. The monoisotopic (exact) mass is 279 g/mol. The van der Waals surface area contributed by atoms with E-state index in [0.717, 1.165) is 29.8 Å². The summed E-state index contributed by atoms with van der Waals surface area (Å²) < 4.78 is 10.7. The van der Waals surface area contributed by atoms with E-state index in [4.69, 9.17) is 15.2 Å². The molecule has 1 fully saturated rings. The van der Waals surface area contributed by atoms with E-state index in [1.54, 1.807) is 14.2 Å². The lowest BCUT2D eigenvalue weighted by atomic mass is 9.84. The standard InChI is InChI=1S/C14H21N3O3/c1-19-11-5-9-3-4-17-8-16-13(18)7-14(17,15)10(9)6-12(11)20-2/h5-6,13,16,18H,3-4,7-8,15H2,1-2H3/t13-,14?/m0/s1. The number of ether oxygens (including phenoxy) is 2. The molecule has 2 aliphatic heterocycles. The largest absolute Gasteiger partial charge is 0.493 e. The molecule has 1 aromatic rings. The molecule has 0 spiro atoms. The van der Waals surface area contributed by atoms with Crippen LogP contribution in [0.25, 0.3) is 0 Å². The Hall–Kier alpha value is -1.34. The molecule has 2 heterocycles. The van der Waals surface area contributed by atoms with Crippen molar-refractivity contribution in [1.82, 2.24) is 10.2 Å². The van der Waals surface area contributed by atoms with Crippen LogP contribution in [0.2, 0.25) is 0 Å². The number of nitrogens with zero attached hydrogens (tertiary/aromatic N) is 1. The number of rotatable bonds is 2. The molecule has 1 saturated heterocycles. The predicted molar refractivity (Wildman–Crippen MR) is 74.4 cm³/mol. The van der Waals surface area contributed by atoms with Gasteiger partial charge in [-0.1, -0.05) is 0 Å². The van der Waals surface area contributed by atoms with Crippen LogP contribution in [0, 0.1) is 0 Å². The minimum atomic E-state index is -0.655. The Bertz CT molecular complexity index is 523. The fourth-order valence-corrected chi connectivity index (χ4v) is 3.20. The van der Waals surface area contributed by atoms with Crippen molar-refractivity contribution in [2.75, 3.05) is 27.4 Å². The summed E-state index contributed by atoms with van der Waals surface area (Å²) in [5.41, 5.74) is 8.13. The minimum Gasteiger partial charge on any atom is -0.493 e. The first kappa shape index (κ1) is 13.6. The van der Waals surface area contributed by atoms with Crippen molar-refractivity contribution in [3.05, 3.63) is 23.3 Å². The third-order valence-corrected chi connectivity index (χ3v) is 4.31. The lowest BCUT2D eigenvalue weighted by molar-refractivity contribution is -0.0497. The lowest BCUT2D eigenvalue weighted by Gasteiger charge is -2.50. The number of nitrogens with one attached hydrogen (secondary N) is 1. The SMILES string of the molecule is COc1cc2c(cc1OC)C1(N)C[C@H](O)NCN1CC2. The molecule has 110 valence electrons. The summed E-state index contributed by atoms with van der Waals surface area (Å²) in [5, 5.41) is 12.9. The Labute approximate surface area is 118 Å². The minimum absolute atomic E-state index is 0.454. The first-order valence-corrected chi connectivity index (χ1v) is 6.79. The molecular weight excluding hydrogens is 258 g/mol. The van der Waals surface area contributed by atoms with Crippen LogP contribution in [0.4, 0.5) is 0 Å². The maximum atomic E-state index is 9.89. The van der Waals surface area contributed by atoms with E-state index in [1.165, 1.54) is 0 Å². The molecule has 1 unspecified atom stereocenters. The molecule has 1 aromatic carbocycles. The number of hydrogen-bond acceptors (Lipinski definition) is 6. The summed E-state index contributed by atoms with van der Waals surface area (Å²) in [5.74, 6) is 1.39. The topological polar surface area (TPSA) is 80.0 Å². The van der Waals surface area contributed by atoms with Crippen molar-refractivity contribution >= 4 is 0 Å². The molecule has 0 radical (unpaired) electrons. The van der Waals surface area contributed by atoms with E-state index in [-0.39, 0.29) is 0 Å². The zero-order valence-corrected chi connectivity index (χ0v) is 11.8. The molecular formula is C14H21N3O3. The van der Waals surface area contributed by atoms with Gasteiger partial charge in [-0.05, 0) is 29.7 Å². The Morgan fingerprint density at radius 3 is 2.75 bits per heavy atom. The second-order valence-corrected chi connectivity index (χ2v) is 5.38. The van der Waals surface area contributed by atoms with Gasteiger partial charge in [0.1, 0.15) is 11.9 Å². The summed E-state index contributed by atoms with van der Waals surface area (Å²) in [4.78, 5) is 2.16. The zero-order chi connectivity index (χ0) is 14.3. The molecule has 0 aromatic heterocycles. The van der Waals surface area contributed by atoms with E-state index >= 15 is 0 Å². The summed E-state index contributed by atoms with van der Waals surface area (Å²) in [6.07, 6.45) is 0.775. The molecule has 6 heteroatoms. The van der Waals surface area contributed by atoms with Crippen molar-refractivity contribution in [2.24, 2.45) is 5.73 Å². The highest BCUT2D eigenvalue weighted by atomic mass is 16.5. The van der Waals surface area contributed by atoms with Crippen LogP contribution >= 0.6 is 0 Å². The highest BCUT2D eigenvalue weighted by Crippen LogP contribution is 2.41. The number of benzene rings is 1. The van der Waals surface area contributed by atoms with Gasteiger partial charge >= 0.3 is 0 Å². The fourth-order valence-electron chi connectivity index (χ4n) is 3.20. The molecule has 0 amide bonds. The number of aliphatic hydroxyl groups excluding tert-OH is 1. The molecule has 0 bridgehead atoms. The Morgan fingerprint density at radius 1 is 1.35 bits per heavy atom. The van der Waals surface area contributed by atoms with Gasteiger partial charge < -0.3 is 20.3 Å². The van der Waals surface area contributed by atoms with E-state index in [0.29, 0.717) is 18.8 Å². The number of aliphatic hydroxyl groups is 1. The average Bonchev–Trinajstić information content (AvgIpc) is 2.45. The fraction of sp³-hybridized carbons (Fsp3) is 0.571. The van der Waals surface area contributed by atoms with Gasteiger partial charge in [-0.15, -0.1) is 0 Å². The van der Waals surface area contributed by atoms with E-state index in [9.17, 15) is 5.11 Å². The van der Waals surface area contributed by atoms with Crippen LogP contribution in [0.1, 0.15) is 17.5 Å². The zero-order valence-electron chi connectivity index (χ0n) is 11.8. The van der Waals surface area contributed by atoms with Gasteiger partial charge in [0.15, 0.2) is 11.5 Å². The molecule has 6 nitrogen and oxygen atoms in total. The van der Waals surface area contributed by atoms with Crippen molar-refractivity contribution in [2.45, 2.75) is 24.7 Å². The smallest absolute Gasteiger partial charge is 0.161 e. The van der Waals surface area contributed by atoms with Crippen molar-refractivity contribution in [3.63, 3.8) is 0 Å². The average molecular weight is 279 g/mol. The summed E-state index contributed by atoms with van der Waals surface area (Å²) in [6.45, 7) is 1.45. The van der Waals surface area contributed by atoms with Gasteiger partial charge in [-0.3, -0.25) is 10.2 Å². The summed E-state index contributed by atoms with van der Waals surface area (Å²) >= 11 is 0. The maximum Gasteiger partial charge on any atom is 0.161 e. The Kier molecular flexibility index (Phi) is 3.33. The van der Waals surface area contributed by atoms with Crippen molar-refractivity contribution in [3.8, 4) is 11.5 Å². The molecule has 3 rings (SSSR count). The van der Waals surface area contributed by atoms with Crippen LogP contribution < -0.4 is 20.5 Å². The molecule has 2 aliphatic rings. The molecule has 2 atom stereocenters. The molecule has 20 heavy (non-hydrogen) atoms. The number of methoxy groups -OCH3 is 2. The Morgan fingerprint density at radius 2 is 2.05 bits per heavy atom. The first-order chi connectivity index (χ1) is 9.58. The van der Waals surface area contributed by atoms with E-state index in [2.05, 4.69) is 10.2 Å². The quantitative estimate of drug-likeness (QED) is 0.704. The van der Waals surface area contributed by atoms with Gasteiger partial charge in [-0.25, -0.2) is 0 Å². The molecule has 4 N–H and O–H groups in total. The van der Waals surface area contributed by atoms with Crippen LogP contribution in [0.15, 0.2) is 12.1 Å². The second-order valence-electron chi connectivity index (χ2n) is 5.38. The maximum absolute atomic E-state index is 9.89. The van der Waals surface area contributed by atoms with Gasteiger partial charge in [0, 0.05) is 13.0 Å². The highest BCUT2D eigenvalue weighted by Gasteiger charge is 2.44. The van der Waals surface area contributed by atoms with E-state index < -0.39 is 11.9 Å². The van der Waals surface area contributed by atoms with Crippen LogP contribution in [-0.2, 0) is 12.1 Å². The third kappa shape index (κ3) is 1.96. The molecule has 0 saturated carbocycles. The first-order valence-electron chi connectivity index (χ1n) is 6.79. The van der Waals surface area contributed by atoms with Crippen molar-refractivity contribution in [1.29, 1.82) is 0 Å². The number of hydrogen-bond donors (Lipinski definition) is 3. The number of fused-ring (bicyclic) bond motifs is 3. The van der Waals surface area contributed by atoms with Gasteiger partial charge in [0.2, 0.25) is 0 Å². The normalized spacial score (nSPS) is 29.5. The van der Waals surface area contributed by atoms with Crippen LogP contribution in [0.5, 0.6) is 11.5 Å². The molecule has 0 aliphatic carbocycles. The van der Waals surface area contributed by atoms with Gasteiger partial charge in [-0.2, -0.15) is 0 Å². The van der Waals surface area contributed by atoms with E-state index in [1.807, 2.05) is 12.1 Å². The summed E-state index contributed by atoms with van der Waals surface area (Å²) in [6, 6.07) is 3.94. The van der Waals surface area contributed by atoms with Gasteiger partial charge in [0.25, 0.3) is 0 Å². The van der Waals surface area contributed by atoms with Crippen LogP contribution in [0.3, 0.4) is 0 Å². The van der Waals surface area contributed by atoms with Crippen molar-refractivity contribution < 1.29 is 14.6 Å². The predicted octanol–water partition coefficient (Wildman–Crippen LogP) is -0.0574. The third-order valence-electron chi connectivity index (χ3n) is 4.31. The lowest BCUT2D eigenvalue weighted by Crippen LogP contribution is -2.66. The second kappa shape index (κ2) is 4.89. The number of nitrogens with two attached hydrogens (primary N) is 1.